The van der Waals surface area contributed by atoms with Crippen LogP contribution >= 0.6 is 0 Å². The smallest absolute Gasteiger partial charge is 0.244 e. The van der Waals surface area contributed by atoms with Gasteiger partial charge in [0.15, 0.2) is 5.78 Å². The van der Waals surface area contributed by atoms with E-state index in [9.17, 15) is 13.2 Å². The zero-order valence-electron chi connectivity index (χ0n) is 11.0. The molecule has 1 aromatic heterocycles. The SMILES string of the molecule is CC(=O)c1ccc(S(=O)(=O)N2CCN(C)CC2)cn1. The molecule has 1 fully saturated rings. The van der Waals surface area contributed by atoms with Crippen molar-refractivity contribution in [1.29, 1.82) is 0 Å². The molecule has 0 saturated carbocycles. The van der Waals surface area contributed by atoms with Crippen LogP contribution in [0.25, 0.3) is 0 Å². The lowest BCUT2D eigenvalue weighted by molar-refractivity contribution is 0.101. The van der Waals surface area contributed by atoms with Crippen LogP contribution in [0.5, 0.6) is 0 Å². The summed E-state index contributed by atoms with van der Waals surface area (Å²) in [4.78, 5) is 17.2. The minimum absolute atomic E-state index is 0.141. The Kier molecular flexibility index (Phi) is 3.98. The fourth-order valence-electron chi connectivity index (χ4n) is 1.92. The van der Waals surface area contributed by atoms with Gasteiger partial charge >= 0.3 is 0 Å². The fraction of sp³-hybridized carbons (Fsp3) is 0.500. The van der Waals surface area contributed by atoms with E-state index >= 15 is 0 Å². The van der Waals surface area contributed by atoms with E-state index in [0.29, 0.717) is 13.1 Å². The lowest BCUT2D eigenvalue weighted by atomic mass is 10.3. The van der Waals surface area contributed by atoms with Crippen LogP contribution in [0.1, 0.15) is 17.4 Å². The molecule has 104 valence electrons. The molecule has 1 saturated heterocycles. The van der Waals surface area contributed by atoms with Crippen LogP contribution in [0.4, 0.5) is 0 Å². The number of sulfonamides is 1. The molecule has 7 heteroatoms. The average Bonchev–Trinajstić information content (AvgIpc) is 2.39. The minimum atomic E-state index is -3.50. The number of likely N-dealkylation sites (N-methyl/N-ethyl adjacent to an activating group) is 1. The maximum atomic E-state index is 12.4. The largest absolute Gasteiger partial charge is 0.304 e. The van der Waals surface area contributed by atoms with Crippen LogP contribution in [0, 0.1) is 0 Å². The number of rotatable bonds is 3. The summed E-state index contributed by atoms with van der Waals surface area (Å²) in [5.74, 6) is -0.177. The van der Waals surface area contributed by atoms with Gasteiger partial charge in [0, 0.05) is 39.3 Å². The summed E-state index contributed by atoms with van der Waals surface area (Å²) in [5.41, 5.74) is 0.275. The highest BCUT2D eigenvalue weighted by molar-refractivity contribution is 7.89. The molecule has 1 aromatic rings. The molecule has 1 aliphatic rings. The Labute approximate surface area is 113 Å². The number of carbonyl (C=O) groups is 1. The van der Waals surface area contributed by atoms with E-state index in [0.717, 1.165) is 13.1 Å². The first-order valence-electron chi connectivity index (χ1n) is 6.07. The van der Waals surface area contributed by atoms with Gasteiger partial charge in [0.05, 0.1) is 0 Å². The van der Waals surface area contributed by atoms with Gasteiger partial charge in [-0.3, -0.25) is 9.78 Å². The van der Waals surface area contributed by atoms with Gasteiger partial charge in [-0.15, -0.1) is 0 Å². The van der Waals surface area contributed by atoms with Gasteiger partial charge in [0.2, 0.25) is 10.0 Å². The highest BCUT2D eigenvalue weighted by Crippen LogP contribution is 2.16. The number of ketones is 1. The number of hydrogen-bond acceptors (Lipinski definition) is 5. The number of nitrogens with zero attached hydrogens (tertiary/aromatic N) is 3. The van der Waals surface area contributed by atoms with Gasteiger partial charge in [-0.05, 0) is 19.2 Å². The van der Waals surface area contributed by atoms with E-state index in [1.54, 1.807) is 0 Å². The van der Waals surface area contributed by atoms with Crippen molar-refractivity contribution in [2.24, 2.45) is 0 Å². The lowest BCUT2D eigenvalue weighted by Gasteiger charge is -2.31. The first kappa shape index (κ1) is 14.1. The number of hydrogen-bond donors (Lipinski definition) is 0. The van der Waals surface area contributed by atoms with Gasteiger partial charge in [0.25, 0.3) is 0 Å². The van der Waals surface area contributed by atoms with Crippen molar-refractivity contribution < 1.29 is 13.2 Å². The molecule has 2 rings (SSSR count). The molecule has 0 aromatic carbocycles. The molecule has 1 aliphatic heterocycles. The van der Waals surface area contributed by atoms with E-state index < -0.39 is 10.0 Å². The Morgan fingerprint density at radius 3 is 2.32 bits per heavy atom. The molecule has 6 nitrogen and oxygen atoms in total. The summed E-state index contributed by atoms with van der Waals surface area (Å²) in [7, 11) is -1.53. The zero-order chi connectivity index (χ0) is 14.0. The summed E-state index contributed by atoms with van der Waals surface area (Å²) in [5, 5.41) is 0. The molecule has 2 heterocycles. The number of Topliss-reactive ketones (excluding diaryl/α,β-unsaturated/α-hetero) is 1. The van der Waals surface area contributed by atoms with Crippen LogP contribution in [0.15, 0.2) is 23.2 Å². The molecule has 0 bridgehead atoms. The van der Waals surface area contributed by atoms with Gasteiger partial charge in [-0.1, -0.05) is 0 Å². The van der Waals surface area contributed by atoms with Crippen molar-refractivity contribution in [3.63, 3.8) is 0 Å². The molecule has 0 aliphatic carbocycles. The highest BCUT2D eigenvalue weighted by atomic mass is 32.2. The number of carbonyl (C=O) groups excluding carboxylic acids is 1. The molecular weight excluding hydrogens is 266 g/mol. The number of aromatic nitrogens is 1. The molecule has 0 unspecified atom stereocenters. The normalized spacial score (nSPS) is 18.4. The maximum Gasteiger partial charge on any atom is 0.244 e. The predicted molar refractivity (Wildman–Crippen MR) is 70.5 cm³/mol. The summed E-state index contributed by atoms with van der Waals surface area (Å²) < 4.78 is 26.2. The molecule has 0 amide bonds. The van der Waals surface area contributed by atoms with Crippen LogP contribution < -0.4 is 0 Å². The Hall–Kier alpha value is -1.31. The summed E-state index contributed by atoms with van der Waals surface area (Å²) >= 11 is 0. The quantitative estimate of drug-likeness (QED) is 0.742. The average molecular weight is 283 g/mol. The van der Waals surface area contributed by atoms with Crippen molar-refractivity contribution in [2.45, 2.75) is 11.8 Å². The second kappa shape index (κ2) is 5.36. The number of pyridine rings is 1. The van der Waals surface area contributed by atoms with Crippen LogP contribution in [-0.4, -0.2) is 61.6 Å². The topological polar surface area (TPSA) is 70.6 Å². The molecule has 19 heavy (non-hydrogen) atoms. The van der Waals surface area contributed by atoms with Gasteiger partial charge < -0.3 is 4.90 Å². The number of piperazine rings is 1. The Morgan fingerprint density at radius 1 is 1.21 bits per heavy atom. The fourth-order valence-corrected chi connectivity index (χ4v) is 3.29. The molecule has 0 spiro atoms. The van der Waals surface area contributed by atoms with E-state index in [1.807, 2.05) is 7.05 Å². The first-order valence-corrected chi connectivity index (χ1v) is 7.51. The van der Waals surface area contributed by atoms with E-state index in [4.69, 9.17) is 0 Å². The Balaban J connectivity index is 2.22. The molecular formula is C12H17N3O3S. The summed E-state index contributed by atoms with van der Waals surface area (Å²) in [6.45, 7) is 3.80. The van der Waals surface area contributed by atoms with Crippen LogP contribution in [0.3, 0.4) is 0 Å². The molecule has 0 radical (unpaired) electrons. The standard InChI is InChI=1S/C12H17N3O3S/c1-10(16)12-4-3-11(9-13-12)19(17,18)15-7-5-14(2)6-8-15/h3-4,9H,5-8H2,1-2H3. The van der Waals surface area contributed by atoms with Crippen molar-refractivity contribution in [2.75, 3.05) is 33.2 Å². The summed E-state index contributed by atoms with van der Waals surface area (Å²) in [6, 6.07) is 2.89. The minimum Gasteiger partial charge on any atom is -0.304 e. The van der Waals surface area contributed by atoms with Crippen molar-refractivity contribution >= 4 is 15.8 Å². The zero-order valence-corrected chi connectivity index (χ0v) is 11.9. The predicted octanol–water partition coefficient (Wildman–Crippen LogP) is 0.220. The molecule has 0 atom stereocenters. The lowest BCUT2D eigenvalue weighted by Crippen LogP contribution is -2.47. The van der Waals surface area contributed by atoms with Crippen molar-refractivity contribution in [1.82, 2.24) is 14.2 Å². The second-order valence-corrected chi connectivity index (χ2v) is 6.58. The molecule has 0 N–H and O–H groups in total. The van der Waals surface area contributed by atoms with E-state index in [-0.39, 0.29) is 16.4 Å². The third kappa shape index (κ3) is 2.99. The van der Waals surface area contributed by atoms with E-state index in [2.05, 4.69) is 9.88 Å². The Bertz CT molecular complexity index is 560. The van der Waals surface area contributed by atoms with Gasteiger partial charge in [0.1, 0.15) is 10.6 Å². The van der Waals surface area contributed by atoms with Crippen LogP contribution in [-0.2, 0) is 10.0 Å². The maximum absolute atomic E-state index is 12.4. The van der Waals surface area contributed by atoms with Gasteiger partial charge in [-0.2, -0.15) is 4.31 Å². The first-order chi connectivity index (χ1) is 8.91. The monoisotopic (exact) mass is 283 g/mol. The van der Waals surface area contributed by atoms with Crippen molar-refractivity contribution in [3.05, 3.63) is 24.0 Å². The highest BCUT2D eigenvalue weighted by Gasteiger charge is 2.27. The van der Waals surface area contributed by atoms with Gasteiger partial charge in [-0.25, -0.2) is 8.42 Å². The Morgan fingerprint density at radius 2 is 1.84 bits per heavy atom. The van der Waals surface area contributed by atoms with E-state index in [1.165, 1.54) is 29.6 Å². The summed E-state index contributed by atoms with van der Waals surface area (Å²) in [6.07, 6.45) is 1.25. The third-order valence-corrected chi connectivity index (χ3v) is 5.08. The third-order valence-electron chi connectivity index (χ3n) is 3.20. The second-order valence-electron chi connectivity index (χ2n) is 4.64. The van der Waals surface area contributed by atoms with Crippen LogP contribution in [0.2, 0.25) is 0 Å². The van der Waals surface area contributed by atoms with Crippen molar-refractivity contribution in [3.8, 4) is 0 Å².